The van der Waals surface area contributed by atoms with E-state index in [9.17, 15) is 5.26 Å². The smallest absolute Gasteiger partial charge is 0.216 e. The van der Waals surface area contributed by atoms with Crippen LogP contribution in [0.25, 0.3) is 33.2 Å². The van der Waals surface area contributed by atoms with Gasteiger partial charge >= 0.3 is 0 Å². The molecule has 0 unspecified atom stereocenters. The Morgan fingerprint density at radius 2 is 1.76 bits per heavy atom. The molecule has 0 atom stereocenters. The first-order chi connectivity index (χ1) is 14.2. The molecule has 146 valence electrons. The zero-order chi connectivity index (χ0) is 20.4. The molecule has 4 rings (SSSR count). The highest BCUT2D eigenvalue weighted by molar-refractivity contribution is 6.10. The van der Waals surface area contributed by atoms with Gasteiger partial charge < -0.3 is 4.42 Å². The molecule has 3 nitrogen and oxygen atoms in total. The lowest BCUT2D eigenvalue weighted by Gasteiger charge is -2.05. The Hall–Kier alpha value is -3.12. The van der Waals surface area contributed by atoms with Crippen molar-refractivity contribution in [2.45, 2.75) is 46.0 Å². The minimum atomic E-state index is 0.733. The van der Waals surface area contributed by atoms with Crippen molar-refractivity contribution in [1.29, 1.82) is 5.26 Å². The van der Waals surface area contributed by atoms with E-state index >= 15 is 0 Å². The second-order valence-electron chi connectivity index (χ2n) is 7.82. The number of hydrogen-bond acceptors (Lipinski definition) is 2. The molecular formula is C26H27N2O+. The van der Waals surface area contributed by atoms with Gasteiger partial charge in [0, 0.05) is 28.5 Å². The highest BCUT2D eigenvalue weighted by Gasteiger charge is 2.22. The van der Waals surface area contributed by atoms with Gasteiger partial charge in [-0.15, -0.1) is 0 Å². The van der Waals surface area contributed by atoms with Crippen molar-refractivity contribution in [1.82, 2.24) is 0 Å². The first kappa shape index (κ1) is 19.2. The molecule has 0 N–H and O–H groups in total. The summed E-state index contributed by atoms with van der Waals surface area (Å²) in [7, 11) is 2.06. The number of nitriles is 1. The van der Waals surface area contributed by atoms with Crippen LogP contribution in [-0.2, 0) is 13.5 Å². The molecule has 0 aliphatic heterocycles. The molecule has 0 saturated heterocycles. The van der Waals surface area contributed by atoms with E-state index in [-0.39, 0.29) is 0 Å². The van der Waals surface area contributed by atoms with E-state index < -0.39 is 0 Å². The number of rotatable bonds is 6. The van der Waals surface area contributed by atoms with Gasteiger partial charge in [-0.25, -0.2) is 4.57 Å². The van der Waals surface area contributed by atoms with Gasteiger partial charge in [0.15, 0.2) is 6.20 Å². The minimum absolute atomic E-state index is 0.733. The van der Waals surface area contributed by atoms with E-state index in [1.807, 2.05) is 18.2 Å². The van der Waals surface area contributed by atoms with Crippen molar-refractivity contribution < 1.29 is 8.98 Å². The third kappa shape index (κ3) is 3.40. The van der Waals surface area contributed by atoms with Gasteiger partial charge in [-0.2, -0.15) is 5.26 Å². The fourth-order valence-electron chi connectivity index (χ4n) is 4.24. The quantitative estimate of drug-likeness (QED) is 0.286. The average molecular weight is 384 g/mol. The highest BCUT2D eigenvalue weighted by atomic mass is 16.3. The zero-order valence-corrected chi connectivity index (χ0v) is 17.5. The average Bonchev–Trinajstić information content (AvgIpc) is 3.10. The normalized spacial score (nSPS) is 11.2. The molecule has 0 fully saturated rings. The maximum atomic E-state index is 9.67. The molecule has 0 saturated carbocycles. The van der Waals surface area contributed by atoms with Crippen LogP contribution in [-0.4, -0.2) is 0 Å². The zero-order valence-electron chi connectivity index (χ0n) is 17.5. The van der Waals surface area contributed by atoms with Crippen LogP contribution in [0.2, 0.25) is 0 Å². The molecule has 0 amide bonds. The van der Waals surface area contributed by atoms with Crippen LogP contribution >= 0.6 is 0 Å². The molecule has 2 aromatic carbocycles. The molecule has 2 heterocycles. The van der Waals surface area contributed by atoms with Gasteiger partial charge in [0.2, 0.25) is 5.69 Å². The summed E-state index contributed by atoms with van der Waals surface area (Å²) in [4.78, 5) is 0. The second kappa shape index (κ2) is 8.09. The van der Waals surface area contributed by atoms with E-state index in [1.165, 1.54) is 24.8 Å². The van der Waals surface area contributed by atoms with Crippen molar-refractivity contribution in [3.05, 3.63) is 65.4 Å². The van der Waals surface area contributed by atoms with Gasteiger partial charge in [0.25, 0.3) is 0 Å². The maximum Gasteiger partial charge on any atom is 0.216 e. The number of furan rings is 1. The van der Waals surface area contributed by atoms with Crippen molar-refractivity contribution >= 4 is 21.9 Å². The lowest BCUT2D eigenvalue weighted by Crippen LogP contribution is -2.30. The van der Waals surface area contributed by atoms with Gasteiger partial charge in [0.05, 0.1) is 17.2 Å². The highest BCUT2D eigenvalue weighted by Crippen LogP contribution is 2.39. The molecule has 2 aromatic heterocycles. The first-order valence-electron chi connectivity index (χ1n) is 10.5. The monoisotopic (exact) mass is 383 g/mol. The largest absolute Gasteiger partial charge is 0.455 e. The number of benzene rings is 2. The molecule has 4 aromatic rings. The molecule has 0 aliphatic rings. The summed E-state index contributed by atoms with van der Waals surface area (Å²) >= 11 is 0. The number of aryl methyl sites for hydroxylation is 3. The van der Waals surface area contributed by atoms with Crippen LogP contribution in [0.5, 0.6) is 0 Å². The minimum Gasteiger partial charge on any atom is -0.455 e. The van der Waals surface area contributed by atoms with E-state index in [0.717, 1.165) is 57.2 Å². The fourth-order valence-corrected chi connectivity index (χ4v) is 4.24. The molecule has 29 heavy (non-hydrogen) atoms. The predicted molar refractivity (Wildman–Crippen MR) is 118 cm³/mol. The molecule has 0 bridgehead atoms. The number of unbranched alkanes of at least 4 members (excludes halogenated alkanes) is 3. The molecule has 0 radical (unpaired) electrons. The van der Waals surface area contributed by atoms with Crippen LogP contribution in [0.1, 0.15) is 49.3 Å². The summed E-state index contributed by atoms with van der Waals surface area (Å²) in [6.07, 6.45) is 7.64. The van der Waals surface area contributed by atoms with Gasteiger partial charge in [-0.05, 0) is 43.5 Å². The van der Waals surface area contributed by atoms with Crippen molar-refractivity contribution in [3.63, 3.8) is 0 Å². The van der Waals surface area contributed by atoms with Crippen LogP contribution in [0, 0.1) is 18.3 Å². The molecule has 0 aliphatic carbocycles. The van der Waals surface area contributed by atoms with E-state index in [4.69, 9.17) is 4.42 Å². The summed E-state index contributed by atoms with van der Waals surface area (Å²) < 4.78 is 8.67. The first-order valence-corrected chi connectivity index (χ1v) is 10.5. The van der Waals surface area contributed by atoms with Crippen LogP contribution in [0.3, 0.4) is 0 Å². The summed E-state index contributed by atoms with van der Waals surface area (Å²) in [6, 6.07) is 16.9. The number of nitrogens with zero attached hydrogens (tertiary/aromatic N) is 2. The SMILES string of the molecule is CCCCCCc1c(C#N)ccc2c1oc1c(-c3cccc[n+]3C)c(C)ccc12. The van der Waals surface area contributed by atoms with Gasteiger partial charge in [0.1, 0.15) is 18.2 Å². The Morgan fingerprint density at radius 3 is 2.52 bits per heavy atom. The second-order valence-corrected chi connectivity index (χ2v) is 7.82. The standard InChI is InChI=1S/C26H27N2O/c1-4-5-6-7-10-20-19(17-27)13-15-21-22-14-12-18(2)24(26(22)29-25(20)21)23-11-8-9-16-28(23)3/h8-9,11-16H,4-7,10H2,1-3H3/q+1. The fraction of sp³-hybridized carbons (Fsp3) is 0.308. The Morgan fingerprint density at radius 1 is 0.966 bits per heavy atom. The van der Waals surface area contributed by atoms with Crippen molar-refractivity contribution in [3.8, 4) is 17.3 Å². The topological polar surface area (TPSA) is 40.8 Å². The summed E-state index contributed by atoms with van der Waals surface area (Å²) in [5.74, 6) is 0. The molecular weight excluding hydrogens is 356 g/mol. The number of fused-ring (bicyclic) bond motifs is 3. The summed E-state index contributed by atoms with van der Waals surface area (Å²) in [5, 5.41) is 11.9. The van der Waals surface area contributed by atoms with Gasteiger partial charge in [-0.3, -0.25) is 0 Å². The lowest BCUT2D eigenvalue weighted by atomic mass is 9.97. The Kier molecular flexibility index (Phi) is 5.36. The van der Waals surface area contributed by atoms with Crippen LogP contribution < -0.4 is 4.57 Å². The maximum absolute atomic E-state index is 9.67. The molecule has 0 spiro atoms. The van der Waals surface area contributed by atoms with E-state index in [1.54, 1.807) is 0 Å². The Labute approximate surface area is 172 Å². The third-order valence-corrected chi connectivity index (χ3v) is 5.83. The predicted octanol–water partition coefficient (Wildman–Crippen LogP) is 6.38. The summed E-state index contributed by atoms with van der Waals surface area (Å²) in [5.41, 5.74) is 7.00. The third-order valence-electron chi connectivity index (χ3n) is 5.83. The van der Waals surface area contributed by atoms with E-state index in [2.05, 4.69) is 62.0 Å². The lowest BCUT2D eigenvalue weighted by molar-refractivity contribution is -0.660. The molecule has 3 heteroatoms. The van der Waals surface area contributed by atoms with Crippen molar-refractivity contribution in [2.24, 2.45) is 7.05 Å². The van der Waals surface area contributed by atoms with Crippen molar-refractivity contribution in [2.75, 3.05) is 0 Å². The van der Waals surface area contributed by atoms with Crippen LogP contribution in [0.15, 0.2) is 53.1 Å². The Bertz CT molecular complexity index is 1230. The van der Waals surface area contributed by atoms with Gasteiger partial charge in [-0.1, -0.05) is 38.3 Å². The number of pyridine rings is 1. The summed E-state index contributed by atoms with van der Waals surface area (Å²) in [6.45, 7) is 4.34. The van der Waals surface area contributed by atoms with E-state index in [0.29, 0.717) is 0 Å². The number of aromatic nitrogens is 1. The van der Waals surface area contributed by atoms with Crippen LogP contribution in [0.4, 0.5) is 0 Å². The Balaban J connectivity index is 1.96. The number of hydrogen-bond donors (Lipinski definition) is 0.